The van der Waals surface area contributed by atoms with Gasteiger partial charge in [0, 0.05) is 38.6 Å². The maximum atomic E-state index is 5.45. The van der Waals surface area contributed by atoms with Gasteiger partial charge in [-0.25, -0.2) is 9.97 Å². The van der Waals surface area contributed by atoms with Crippen LogP contribution in [0.4, 0.5) is 23.3 Å². The van der Waals surface area contributed by atoms with Gasteiger partial charge in [-0.3, -0.25) is 0 Å². The Bertz CT molecular complexity index is 925. The van der Waals surface area contributed by atoms with Gasteiger partial charge in [-0.2, -0.15) is 4.98 Å². The van der Waals surface area contributed by atoms with E-state index in [1.807, 2.05) is 48.7 Å². The van der Waals surface area contributed by atoms with Gasteiger partial charge in [0.05, 0.1) is 12.8 Å². The highest BCUT2D eigenvalue weighted by Crippen LogP contribution is 2.28. The van der Waals surface area contributed by atoms with Gasteiger partial charge in [-0.15, -0.1) is 0 Å². The lowest BCUT2D eigenvalue weighted by Crippen LogP contribution is -2.47. The average Bonchev–Trinajstić information content (AvgIpc) is 2.75. The number of pyridine rings is 1. The van der Waals surface area contributed by atoms with Crippen LogP contribution < -0.4 is 19.9 Å². The molecule has 0 radical (unpaired) electrons. The first kappa shape index (κ1) is 18.0. The van der Waals surface area contributed by atoms with Gasteiger partial charge in [0.2, 0.25) is 5.95 Å². The lowest BCUT2D eigenvalue weighted by atomic mass is 10.2. The topological polar surface area (TPSA) is 66.4 Å². The molecule has 1 aromatic carbocycles. The highest BCUT2D eigenvalue weighted by Gasteiger charge is 2.20. The second-order valence-corrected chi connectivity index (χ2v) is 6.73. The first-order valence-electron chi connectivity index (χ1n) is 9.38. The van der Waals surface area contributed by atoms with Crippen LogP contribution in [-0.4, -0.2) is 48.2 Å². The van der Waals surface area contributed by atoms with E-state index in [2.05, 4.69) is 32.0 Å². The standard InChI is InChI=1S/C21H24N6O/c1-16-6-7-18(28-2)17(15-16)24-19-8-10-23-21(25-19)27-13-11-26(12-14-27)20-5-3-4-9-22-20/h3-10,15H,11-14H2,1-2H3,(H,23,24,25). The Kier molecular flexibility index (Phi) is 5.23. The Morgan fingerprint density at radius 3 is 2.50 bits per heavy atom. The molecule has 0 atom stereocenters. The van der Waals surface area contributed by atoms with Crippen LogP contribution in [0.1, 0.15) is 5.56 Å². The molecule has 7 heteroatoms. The Morgan fingerprint density at radius 2 is 1.75 bits per heavy atom. The van der Waals surface area contributed by atoms with Crippen molar-refractivity contribution in [3.63, 3.8) is 0 Å². The molecule has 0 saturated carbocycles. The number of aryl methyl sites for hydroxylation is 1. The summed E-state index contributed by atoms with van der Waals surface area (Å²) in [6, 6.07) is 13.9. The van der Waals surface area contributed by atoms with Crippen LogP contribution in [0, 0.1) is 6.92 Å². The Hall–Kier alpha value is -3.35. The lowest BCUT2D eigenvalue weighted by Gasteiger charge is -2.35. The first-order chi connectivity index (χ1) is 13.7. The predicted octanol–water partition coefficient (Wildman–Crippen LogP) is 3.26. The molecule has 1 aliphatic heterocycles. The van der Waals surface area contributed by atoms with Crippen molar-refractivity contribution in [3.8, 4) is 5.75 Å². The molecule has 1 saturated heterocycles. The summed E-state index contributed by atoms with van der Waals surface area (Å²) >= 11 is 0. The summed E-state index contributed by atoms with van der Waals surface area (Å²) < 4.78 is 5.45. The molecule has 0 aliphatic carbocycles. The highest BCUT2D eigenvalue weighted by atomic mass is 16.5. The van der Waals surface area contributed by atoms with Crippen LogP contribution in [0.25, 0.3) is 0 Å². The van der Waals surface area contributed by atoms with E-state index in [0.29, 0.717) is 0 Å². The number of hydrogen-bond donors (Lipinski definition) is 1. The van der Waals surface area contributed by atoms with E-state index in [4.69, 9.17) is 9.72 Å². The largest absolute Gasteiger partial charge is 0.495 e. The van der Waals surface area contributed by atoms with Crippen LogP contribution in [0.5, 0.6) is 5.75 Å². The number of nitrogens with zero attached hydrogens (tertiary/aromatic N) is 5. The molecule has 3 heterocycles. The van der Waals surface area contributed by atoms with Crippen molar-refractivity contribution < 1.29 is 4.74 Å². The molecular formula is C21H24N6O. The molecule has 1 aliphatic rings. The van der Waals surface area contributed by atoms with Crippen molar-refractivity contribution in [2.45, 2.75) is 6.92 Å². The maximum Gasteiger partial charge on any atom is 0.227 e. The number of hydrogen-bond acceptors (Lipinski definition) is 7. The molecule has 1 fully saturated rings. The Labute approximate surface area is 165 Å². The molecule has 0 amide bonds. The molecule has 0 spiro atoms. The third-order valence-electron chi connectivity index (χ3n) is 4.80. The van der Waals surface area contributed by atoms with Gasteiger partial charge in [-0.05, 0) is 42.8 Å². The summed E-state index contributed by atoms with van der Waals surface area (Å²) in [4.78, 5) is 18.1. The van der Waals surface area contributed by atoms with Crippen LogP contribution in [0.15, 0.2) is 54.9 Å². The van der Waals surface area contributed by atoms with E-state index in [9.17, 15) is 0 Å². The fourth-order valence-electron chi connectivity index (χ4n) is 3.30. The number of ether oxygens (including phenoxy) is 1. The molecule has 4 rings (SSSR count). The Morgan fingerprint density at radius 1 is 0.929 bits per heavy atom. The highest BCUT2D eigenvalue weighted by molar-refractivity contribution is 5.65. The van der Waals surface area contributed by atoms with Crippen molar-refractivity contribution in [1.82, 2.24) is 15.0 Å². The number of aromatic nitrogens is 3. The van der Waals surface area contributed by atoms with E-state index < -0.39 is 0 Å². The zero-order chi connectivity index (χ0) is 19.3. The molecule has 1 N–H and O–H groups in total. The zero-order valence-electron chi connectivity index (χ0n) is 16.2. The minimum absolute atomic E-state index is 0.734. The van der Waals surface area contributed by atoms with Crippen molar-refractivity contribution in [2.24, 2.45) is 0 Å². The molecule has 3 aromatic rings. The smallest absolute Gasteiger partial charge is 0.227 e. The van der Waals surface area contributed by atoms with E-state index in [0.717, 1.165) is 60.8 Å². The van der Waals surface area contributed by atoms with Gasteiger partial charge in [0.15, 0.2) is 0 Å². The summed E-state index contributed by atoms with van der Waals surface area (Å²) in [6.07, 6.45) is 3.62. The molecule has 0 bridgehead atoms. The number of benzene rings is 1. The van der Waals surface area contributed by atoms with Crippen LogP contribution in [0.3, 0.4) is 0 Å². The van der Waals surface area contributed by atoms with Crippen molar-refractivity contribution >= 4 is 23.3 Å². The van der Waals surface area contributed by atoms with E-state index in [1.54, 1.807) is 13.3 Å². The second kappa shape index (κ2) is 8.12. The fourth-order valence-corrected chi connectivity index (χ4v) is 3.30. The molecule has 28 heavy (non-hydrogen) atoms. The van der Waals surface area contributed by atoms with E-state index in [-0.39, 0.29) is 0 Å². The van der Waals surface area contributed by atoms with Gasteiger partial charge >= 0.3 is 0 Å². The summed E-state index contributed by atoms with van der Waals surface area (Å²) in [6.45, 7) is 5.55. The SMILES string of the molecule is COc1ccc(C)cc1Nc1ccnc(N2CCN(c3ccccn3)CC2)n1. The van der Waals surface area contributed by atoms with Crippen molar-refractivity contribution in [2.75, 3.05) is 48.4 Å². The van der Waals surface area contributed by atoms with Crippen LogP contribution in [0.2, 0.25) is 0 Å². The zero-order valence-corrected chi connectivity index (χ0v) is 16.2. The molecule has 144 valence electrons. The van der Waals surface area contributed by atoms with Crippen LogP contribution in [-0.2, 0) is 0 Å². The van der Waals surface area contributed by atoms with Gasteiger partial charge in [0.25, 0.3) is 0 Å². The molecule has 7 nitrogen and oxygen atoms in total. The minimum Gasteiger partial charge on any atom is -0.495 e. The lowest BCUT2D eigenvalue weighted by molar-refractivity contribution is 0.416. The van der Waals surface area contributed by atoms with Crippen molar-refractivity contribution in [1.29, 1.82) is 0 Å². The number of nitrogens with one attached hydrogen (secondary N) is 1. The predicted molar refractivity (Wildman–Crippen MR) is 112 cm³/mol. The van der Waals surface area contributed by atoms with E-state index in [1.165, 1.54) is 0 Å². The van der Waals surface area contributed by atoms with Gasteiger partial charge < -0.3 is 19.9 Å². The molecular weight excluding hydrogens is 352 g/mol. The minimum atomic E-state index is 0.734. The Balaban J connectivity index is 1.45. The summed E-state index contributed by atoms with van der Waals surface area (Å²) in [7, 11) is 1.67. The number of anilines is 4. The van der Waals surface area contributed by atoms with Crippen LogP contribution >= 0.6 is 0 Å². The van der Waals surface area contributed by atoms with E-state index >= 15 is 0 Å². The third kappa shape index (κ3) is 3.98. The van der Waals surface area contributed by atoms with Crippen molar-refractivity contribution in [3.05, 3.63) is 60.4 Å². The monoisotopic (exact) mass is 376 g/mol. The summed E-state index contributed by atoms with van der Waals surface area (Å²) in [5, 5.41) is 3.36. The second-order valence-electron chi connectivity index (χ2n) is 6.73. The number of methoxy groups -OCH3 is 1. The summed E-state index contributed by atoms with van der Waals surface area (Å²) in [5.74, 6) is 3.29. The quantitative estimate of drug-likeness (QED) is 0.733. The van der Waals surface area contributed by atoms with Gasteiger partial charge in [0.1, 0.15) is 17.4 Å². The normalized spacial score (nSPS) is 14.1. The maximum absolute atomic E-state index is 5.45. The number of rotatable bonds is 5. The molecule has 2 aromatic heterocycles. The average molecular weight is 376 g/mol. The first-order valence-corrected chi connectivity index (χ1v) is 9.38. The third-order valence-corrected chi connectivity index (χ3v) is 4.80. The number of piperazine rings is 1. The summed E-state index contributed by atoms with van der Waals surface area (Å²) in [5.41, 5.74) is 2.05. The fraction of sp³-hybridized carbons (Fsp3) is 0.286. The van der Waals surface area contributed by atoms with Gasteiger partial charge in [-0.1, -0.05) is 12.1 Å². The molecule has 0 unspecified atom stereocenters.